The second kappa shape index (κ2) is 5.52. The molecule has 26 heavy (non-hydrogen) atoms. The summed E-state index contributed by atoms with van der Waals surface area (Å²) in [6.07, 6.45) is 0.244. The summed E-state index contributed by atoms with van der Waals surface area (Å²) in [6.45, 7) is 0. The standard InChI is InChI=1S/C22H17O3P/c23-26(24,25)13-12-14-10-11-20-18-8-2-5-15-4-1-7-17(21(15)18)19-9-3-6-16(14)22(19)20/h1-11H,12-13H2,(H2,23,24,25). The molecule has 5 rings (SSSR count). The average Bonchev–Trinajstić information content (AvgIpc) is 2.64. The number of fused-ring (bicyclic) bond motifs is 2. The highest BCUT2D eigenvalue weighted by atomic mass is 31.2. The highest BCUT2D eigenvalue weighted by Crippen LogP contribution is 2.42. The van der Waals surface area contributed by atoms with Crippen LogP contribution in [-0.2, 0) is 11.0 Å². The summed E-state index contributed by atoms with van der Waals surface area (Å²) in [4.78, 5) is 18.5. The van der Waals surface area contributed by atoms with E-state index in [0.29, 0.717) is 6.42 Å². The van der Waals surface area contributed by atoms with Crippen LogP contribution in [-0.4, -0.2) is 15.9 Å². The van der Waals surface area contributed by atoms with Gasteiger partial charge in [-0.25, -0.2) is 0 Å². The third-order valence-corrected chi connectivity index (χ3v) is 6.09. The smallest absolute Gasteiger partial charge is 0.324 e. The van der Waals surface area contributed by atoms with Crippen LogP contribution in [0.15, 0.2) is 66.7 Å². The van der Waals surface area contributed by atoms with E-state index in [4.69, 9.17) is 0 Å². The van der Waals surface area contributed by atoms with Gasteiger partial charge in [0.15, 0.2) is 0 Å². The van der Waals surface area contributed by atoms with Crippen molar-refractivity contribution in [3.63, 3.8) is 0 Å². The van der Waals surface area contributed by atoms with Crippen molar-refractivity contribution in [3.05, 3.63) is 72.3 Å². The van der Waals surface area contributed by atoms with Gasteiger partial charge in [-0.3, -0.25) is 4.57 Å². The predicted octanol–water partition coefficient (Wildman–Crippen LogP) is 5.46. The Morgan fingerprint density at radius 2 is 1.19 bits per heavy atom. The zero-order valence-electron chi connectivity index (χ0n) is 14.0. The molecular formula is C22H17O3P. The largest absolute Gasteiger partial charge is 0.325 e. The van der Waals surface area contributed by atoms with Gasteiger partial charge < -0.3 is 9.79 Å². The molecule has 0 amide bonds. The van der Waals surface area contributed by atoms with Crippen molar-refractivity contribution in [2.75, 3.05) is 6.16 Å². The minimum atomic E-state index is -4.01. The van der Waals surface area contributed by atoms with Crippen LogP contribution in [0.25, 0.3) is 43.1 Å². The van der Waals surface area contributed by atoms with E-state index in [9.17, 15) is 14.4 Å². The van der Waals surface area contributed by atoms with Crippen molar-refractivity contribution in [1.29, 1.82) is 0 Å². The van der Waals surface area contributed by atoms with Gasteiger partial charge in [0.2, 0.25) is 0 Å². The first kappa shape index (κ1) is 15.8. The molecule has 0 radical (unpaired) electrons. The summed E-state index contributed by atoms with van der Waals surface area (Å²) in [5, 5.41) is 9.61. The van der Waals surface area contributed by atoms with Crippen LogP contribution in [0.4, 0.5) is 0 Å². The molecule has 128 valence electrons. The molecule has 0 saturated carbocycles. The van der Waals surface area contributed by atoms with Crippen molar-refractivity contribution in [1.82, 2.24) is 0 Å². The Morgan fingerprint density at radius 1 is 0.654 bits per heavy atom. The normalized spacial score (nSPS) is 12.7. The van der Waals surface area contributed by atoms with Crippen LogP contribution >= 0.6 is 7.60 Å². The van der Waals surface area contributed by atoms with E-state index >= 15 is 0 Å². The maximum atomic E-state index is 11.3. The lowest BCUT2D eigenvalue weighted by Gasteiger charge is -2.16. The summed E-state index contributed by atoms with van der Waals surface area (Å²) in [5.74, 6) is 0. The zero-order valence-corrected chi connectivity index (χ0v) is 14.9. The van der Waals surface area contributed by atoms with Crippen LogP contribution in [0, 0.1) is 0 Å². The zero-order chi connectivity index (χ0) is 17.9. The number of benzene rings is 5. The molecule has 4 heteroatoms. The van der Waals surface area contributed by atoms with Crippen molar-refractivity contribution >= 4 is 50.7 Å². The minimum Gasteiger partial charge on any atom is -0.324 e. The second-order valence-corrected chi connectivity index (χ2v) is 8.62. The second-order valence-electron chi connectivity index (χ2n) is 6.85. The molecule has 0 fully saturated rings. The van der Waals surface area contributed by atoms with Gasteiger partial charge in [0.05, 0.1) is 6.16 Å². The van der Waals surface area contributed by atoms with Crippen molar-refractivity contribution in [2.45, 2.75) is 6.42 Å². The van der Waals surface area contributed by atoms with Crippen LogP contribution in [0.3, 0.4) is 0 Å². The predicted molar refractivity (Wildman–Crippen MR) is 108 cm³/mol. The highest BCUT2D eigenvalue weighted by Gasteiger charge is 2.17. The number of rotatable bonds is 3. The van der Waals surface area contributed by atoms with Gasteiger partial charge in [-0.2, -0.15) is 0 Å². The Labute approximate surface area is 150 Å². The molecule has 3 nitrogen and oxygen atoms in total. The third-order valence-electron chi connectivity index (χ3n) is 5.29. The molecule has 0 bridgehead atoms. The summed E-state index contributed by atoms with van der Waals surface area (Å²) in [7, 11) is -4.01. The van der Waals surface area contributed by atoms with Crippen molar-refractivity contribution in [2.24, 2.45) is 0 Å². The molecule has 0 aliphatic rings. The maximum absolute atomic E-state index is 11.3. The fourth-order valence-corrected chi connectivity index (χ4v) is 4.72. The maximum Gasteiger partial charge on any atom is 0.325 e. The first-order valence-electron chi connectivity index (χ1n) is 8.65. The molecule has 0 unspecified atom stereocenters. The lowest BCUT2D eigenvalue weighted by molar-refractivity contribution is 0.373. The SMILES string of the molecule is O=P(O)(O)CCc1ccc2c3cccc4cccc(c5cccc1c52)c43. The van der Waals surface area contributed by atoms with Gasteiger partial charge in [-0.05, 0) is 55.1 Å². The number of aryl methyl sites for hydroxylation is 1. The van der Waals surface area contributed by atoms with Crippen LogP contribution in [0.5, 0.6) is 0 Å². The Bertz CT molecular complexity index is 1280. The van der Waals surface area contributed by atoms with Gasteiger partial charge in [-0.1, -0.05) is 66.7 Å². The molecule has 0 spiro atoms. The van der Waals surface area contributed by atoms with Crippen LogP contribution in [0.2, 0.25) is 0 Å². The van der Waals surface area contributed by atoms with Gasteiger partial charge in [-0.15, -0.1) is 0 Å². The lowest BCUT2D eigenvalue weighted by atomic mass is 9.88. The first-order valence-corrected chi connectivity index (χ1v) is 10.4. The molecule has 5 aromatic carbocycles. The Hall–Kier alpha value is -2.45. The van der Waals surface area contributed by atoms with Gasteiger partial charge in [0, 0.05) is 0 Å². The lowest BCUT2D eigenvalue weighted by Crippen LogP contribution is -1.96. The number of hydrogen-bond donors (Lipinski definition) is 2. The summed E-state index contributed by atoms with van der Waals surface area (Å²) < 4.78 is 11.3. The van der Waals surface area contributed by atoms with E-state index in [-0.39, 0.29) is 6.16 Å². The van der Waals surface area contributed by atoms with Crippen molar-refractivity contribution in [3.8, 4) is 0 Å². The van der Waals surface area contributed by atoms with E-state index in [0.717, 1.165) is 10.9 Å². The Morgan fingerprint density at radius 3 is 1.85 bits per heavy atom. The molecule has 0 aromatic heterocycles. The molecule has 0 aliphatic heterocycles. The molecule has 5 aromatic rings. The fourth-order valence-electron chi connectivity index (χ4n) is 4.19. The summed E-state index contributed by atoms with van der Waals surface area (Å²) >= 11 is 0. The topological polar surface area (TPSA) is 57.5 Å². The molecular weight excluding hydrogens is 343 g/mol. The number of hydrogen-bond acceptors (Lipinski definition) is 1. The fraction of sp³-hybridized carbons (Fsp3) is 0.0909. The summed E-state index contributed by atoms with van der Waals surface area (Å²) in [5.41, 5.74) is 0.987. The van der Waals surface area contributed by atoms with E-state index in [1.165, 1.54) is 37.7 Å². The van der Waals surface area contributed by atoms with E-state index in [1.54, 1.807) is 0 Å². The highest BCUT2D eigenvalue weighted by molar-refractivity contribution is 7.51. The molecule has 2 N–H and O–H groups in total. The van der Waals surface area contributed by atoms with E-state index in [2.05, 4.69) is 54.6 Å². The Balaban J connectivity index is 1.92. The average molecular weight is 360 g/mol. The molecule has 0 aliphatic carbocycles. The van der Waals surface area contributed by atoms with Gasteiger partial charge in [0.1, 0.15) is 0 Å². The van der Waals surface area contributed by atoms with Crippen LogP contribution in [0.1, 0.15) is 5.56 Å². The summed E-state index contributed by atoms with van der Waals surface area (Å²) in [6, 6.07) is 23.1. The van der Waals surface area contributed by atoms with Gasteiger partial charge >= 0.3 is 7.60 Å². The molecule has 0 heterocycles. The molecule has 0 saturated heterocycles. The monoisotopic (exact) mass is 360 g/mol. The van der Waals surface area contributed by atoms with E-state index in [1.807, 2.05) is 12.1 Å². The van der Waals surface area contributed by atoms with Gasteiger partial charge in [0.25, 0.3) is 0 Å². The van der Waals surface area contributed by atoms with Crippen LogP contribution < -0.4 is 0 Å². The first-order chi connectivity index (χ1) is 12.5. The molecule has 0 atom stereocenters. The van der Waals surface area contributed by atoms with Crippen molar-refractivity contribution < 1.29 is 14.4 Å². The minimum absolute atomic E-state index is 0.127. The third kappa shape index (κ3) is 2.33. The quantitative estimate of drug-likeness (QED) is 0.255. The van der Waals surface area contributed by atoms with E-state index < -0.39 is 7.60 Å². The Kier molecular flexibility index (Phi) is 3.35.